The van der Waals surface area contributed by atoms with E-state index < -0.39 is 17.5 Å². The maximum atomic E-state index is 11.8. The van der Waals surface area contributed by atoms with E-state index in [-0.39, 0.29) is 23.6 Å². The molecule has 92 valence electrons. The summed E-state index contributed by atoms with van der Waals surface area (Å²) in [7, 11) is 0. The van der Waals surface area contributed by atoms with Crippen LogP contribution in [0.3, 0.4) is 0 Å². The summed E-state index contributed by atoms with van der Waals surface area (Å²) in [6.07, 6.45) is 2.42. The highest BCUT2D eigenvalue weighted by molar-refractivity contribution is 6.07. The van der Waals surface area contributed by atoms with Crippen LogP contribution in [0.4, 0.5) is 0 Å². The summed E-state index contributed by atoms with van der Waals surface area (Å²) in [5.74, 6) is -1.92. The highest BCUT2D eigenvalue weighted by atomic mass is 16.6. The van der Waals surface area contributed by atoms with Crippen molar-refractivity contribution in [3.63, 3.8) is 0 Å². The van der Waals surface area contributed by atoms with Gasteiger partial charge in [0.15, 0.2) is 11.6 Å². The van der Waals surface area contributed by atoms with Crippen LogP contribution in [0.1, 0.15) is 20.3 Å². The Balaban J connectivity index is 2.46. The summed E-state index contributed by atoms with van der Waals surface area (Å²) >= 11 is 0. The van der Waals surface area contributed by atoms with Gasteiger partial charge in [0.25, 0.3) is 0 Å². The molecule has 1 aliphatic carbocycles. The highest BCUT2D eigenvalue weighted by Gasteiger charge is 2.50. The van der Waals surface area contributed by atoms with Gasteiger partial charge in [0.1, 0.15) is 17.2 Å². The number of carbonyl (C=O) groups excluding carboxylic acids is 3. The fourth-order valence-corrected chi connectivity index (χ4v) is 2.31. The second-order valence-corrected chi connectivity index (χ2v) is 4.57. The van der Waals surface area contributed by atoms with E-state index in [0.29, 0.717) is 5.57 Å². The lowest BCUT2D eigenvalue weighted by molar-refractivity contribution is -0.153. The second-order valence-electron chi connectivity index (χ2n) is 4.57. The van der Waals surface area contributed by atoms with Gasteiger partial charge in [-0.05, 0) is 31.6 Å². The minimum Gasteiger partial charge on any atom is -0.450 e. The van der Waals surface area contributed by atoms with Crippen molar-refractivity contribution < 1.29 is 19.1 Å². The number of carbonyl (C=O) groups is 3. The first kappa shape index (κ1) is 12.2. The van der Waals surface area contributed by atoms with Crippen molar-refractivity contribution in [3.8, 4) is 6.07 Å². The third kappa shape index (κ3) is 1.58. The van der Waals surface area contributed by atoms with Crippen LogP contribution in [0.25, 0.3) is 0 Å². The average molecular weight is 245 g/mol. The smallest absolute Gasteiger partial charge is 0.349 e. The topological polar surface area (TPSA) is 84.2 Å². The standard InChI is InChI=1S/C13H11NO4/c1-7-9(6-14)12(17)18-13(7,2)10-5-8(15)3-4-11(10)16/h3-4,10H,5H2,1-2H3/t10-,13+/m1/s1. The number of ketones is 2. The first-order chi connectivity index (χ1) is 8.40. The van der Waals surface area contributed by atoms with Crippen LogP contribution in [0.2, 0.25) is 0 Å². The number of cyclic esters (lactones) is 1. The molecule has 5 heteroatoms. The van der Waals surface area contributed by atoms with Crippen molar-refractivity contribution >= 4 is 17.5 Å². The van der Waals surface area contributed by atoms with E-state index in [9.17, 15) is 14.4 Å². The first-order valence-corrected chi connectivity index (χ1v) is 5.49. The fraction of sp³-hybridized carbons (Fsp3) is 0.385. The lowest BCUT2D eigenvalue weighted by Gasteiger charge is -2.33. The van der Waals surface area contributed by atoms with E-state index >= 15 is 0 Å². The Labute approximate surface area is 104 Å². The number of ether oxygens (including phenoxy) is 1. The molecule has 0 saturated heterocycles. The van der Waals surface area contributed by atoms with Gasteiger partial charge in [-0.1, -0.05) is 0 Å². The molecule has 0 spiro atoms. The average Bonchev–Trinajstić information content (AvgIpc) is 2.54. The summed E-state index contributed by atoms with van der Waals surface area (Å²) in [4.78, 5) is 34.8. The lowest BCUT2D eigenvalue weighted by Crippen LogP contribution is -2.43. The van der Waals surface area contributed by atoms with Crippen LogP contribution in [0.5, 0.6) is 0 Å². The number of nitrogens with zero attached hydrogens (tertiary/aromatic N) is 1. The van der Waals surface area contributed by atoms with Crippen LogP contribution in [0, 0.1) is 17.2 Å². The maximum Gasteiger partial charge on any atom is 0.349 e. The molecular weight excluding hydrogens is 234 g/mol. The number of hydrogen-bond acceptors (Lipinski definition) is 5. The molecule has 0 bridgehead atoms. The summed E-state index contributed by atoms with van der Waals surface area (Å²) in [5.41, 5.74) is -0.858. The molecule has 0 amide bonds. The molecule has 18 heavy (non-hydrogen) atoms. The Bertz CT molecular complexity index is 564. The van der Waals surface area contributed by atoms with Gasteiger partial charge in [-0.15, -0.1) is 0 Å². The van der Waals surface area contributed by atoms with Gasteiger partial charge in [-0.2, -0.15) is 5.26 Å². The molecule has 0 N–H and O–H groups in total. The Morgan fingerprint density at radius 2 is 2.06 bits per heavy atom. The molecule has 1 heterocycles. The SMILES string of the molecule is CC1=C(C#N)C(=O)O[C@]1(C)[C@@H]1CC(=O)C=CC1=O. The summed E-state index contributed by atoms with van der Waals surface area (Å²) in [6, 6.07) is 1.77. The zero-order valence-electron chi connectivity index (χ0n) is 10.0. The first-order valence-electron chi connectivity index (χ1n) is 5.49. The molecule has 2 atom stereocenters. The molecular formula is C13H11NO4. The van der Waals surface area contributed by atoms with Crippen LogP contribution < -0.4 is 0 Å². The highest BCUT2D eigenvalue weighted by Crippen LogP contribution is 2.41. The van der Waals surface area contributed by atoms with Gasteiger partial charge in [0.05, 0.1) is 5.92 Å². The van der Waals surface area contributed by atoms with Gasteiger partial charge in [-0.3, -0.25) is 9.59 Å². The minimum absolute atomic E-state index is 0.00480. The lowest BCUT2D eigenvalue weighted by atomic mass is 9.75. The van der Waals surface area contributed by atoms with Crippen LogP contribution >= 0.6 is 0 Å². The predicted molar refractivity (Wildman–Crippen MR) is 60.1 cm³/mol. The Kier molecular flexibility index (Phi) is 2.66. The van der Waals surface area contributed by atoms with Crippen molar-refractivity contribution in [1.82, 2.24) is 0 Å². The molecule has 0 aromatic carbocycles. The van der Waals surface area contributed by atoms with Gasteiger partial charge in [0, 0.05) is 6.42 Å². The monoisotopic (exact) mass is 245 g/mol. The molecule has 0 saturated carbocycles. The van der Waals surface area contributed by atoms with Crippen LogP contribution in [-0.2, 0) is 19.1 Å². The molecule has 0 aromatic rings. The molecule has 2 rings (SSSR count). The van der Waals surface area contributed by atoms with Gasteiger partial charge < -0.3 is 4.74 Å². The molecule has 0 unspecified atom stereocenters. The van der Waals surface area contributed by atoms with Crippen molar-refractivity contribution in [1.29, 1.82) is 5.26 Å². The Hall–Kier alpha value is -2.22. The summed E-state index contributed by atoms with van der Waals surface area (Å²) in [5, 5.41) is 8.88. The van der Waals surface area contributed by atoms with E-state index in [2.05, 4.69) is 0 Å². The molecule has 5 nitrogen and oxygen atoms in total. The third-order valence-corrected chi connectivity index (χ3v) is 3.59. The van der Waals surface area contributed by atoms with Crippen molar-refractivity contribution in [3.05, 3.63) is 23.3 Å². The zero-order chi connectivity index (χ0) is 13.5. The number of esters is 1. The van der Waals surface area contributed by atoms with Crippen molar-refractivity contribution in [2.24, 2.45) is 5.92 Å². The number of rotatable bonds is 1. The van der Waals surface area contributed by atoms with Gasteiger partial charge in [0.2, 0.25) is 0 Å². The number of allylic oxidation sites excluding steroid dienone is 2. The maximum absolute atomic E-state index is 11.8. The summed E-state index contributed by atoms with van der Waals surface area (Å²) < 4.78 is 5.18. The number of nitriles is 1. The normalized spacial score (nSPS) is 31.6. The Morgan fingerprint density at radius 1 is 1.39 bits per heavy atom. The van der Waals surface area contributed by atoms with Gasteiger partial charge in [-0.25, -0.2) is 4.79 Å². The van der Waals surface area contributed by atoms with E-state index in [4.69, 9.17) is 10.00 Å². The largest absolute Gasteiger partial charge is 0.450 e. The van der Waals surface area contributed by atoms with Crippen LogP contribution in [0.15, 0.2) is 23.3 Å². The molecule has 0 aromatic heterocycles. The van der Waals surface area contributed by atoms with E-state index in [1.807, 2.05) is 0 Å². The van der Waals surface area contributed by atoms with Crippen molar-refractivity contribution in [2.75, 3.05) is 0 Å². The molecule has 0 radical (unpaired) electrons. The fourth-order valence-electron chi connectivity index (χ4n) is 2.31. The predicted octanol–water partition coefficient (Wildman–Crippen LogP) is 0.856. The molecule has 2 aliphatic rings. The molecule has 1 aliphatic heterocycles. The van der Waals surface area contributed by atoms with Crippen molar-refractivity contribution in [2.45, 2.75) is 25.9 Å². The van der Waals surface area contributed by atoms with E-state index in [1.54, 1.807) is 19.9 Å². The van der Waals surface area contributed by atoms with Crippen LogP contribution in [-0.4, -0.2) is 23.1 Å². The van der Waals surface area contributed by atoms with E-state index in [1.165, 1.54) is 12.2 Å². The second kappa shape index (κ2) is 3.91. The quantitative estimate of drug-likeness (QED) is 0.639. The molecule has 0 fully saturated rings. The Morgan fingerprint density at radius 3 is 2.61 bits per heavy atom. The zero-order valence-corrected chi connectivity index (χ0v) is 10.0. The van der Waals surface area contributed by atoms with E-state index in [0.717, 1.165) is 0 Å². The summed E-state index contributed by atoms with van der Waals surface area (Å²) in [6.45, 7) is 3.15. The number of hydrogen-bond donors (Lipinski definition) is 0. The third-order valence-electron chi connectivity index (χ3n) is 3.59. The van der Waals surface area contributed by atoms with Gasteiger partial charge >= 0.3 is 5.97 Å². The minimum atomic E-state index is -1.19.